The summed E-state index contributed by atoms with van der Waals surface area (Å²) in [6, 6.07) is 6.67. The van der Waals surface area contributed by atoms with Gasteiger partial charge in [-0.2, -0.15) is 5.10 Å². The van der Waals surface area contributed by atoms with Gasteiger partial charge in [0, 0.05) is 30.6 Å². The first-order chi connectivity index (χ1) is 12.1. The molecule has 1 unspecified atom stereocenters. The molecule has 0 aliphatic carbocycles. The van der Waals surface area contributed by atoms with E-state index in [-0.39, 0.29) is 42.5 Å². The number of aryl methyl sites for hydroxylation is 1. The summed E-state index contributed by atoms with van der Waals surface area (Å²) in [6.07, 6.45) is 3.12. The number of nitrogens with zero attached hydrogens (tertiary/aromatic N) is 2. The van der Waals surface area contributed by atoms with E-state index in [9.17, 15) is 9.59 Å². The highest BCUT2D eigenvalue weighted by Crippen LogP contribution is 2.31. The third-order valence-corrected chi connectivity index (χ3v) is 5.16. The summed E-state index contributed by atoms with van der Waals surface area (Å²) in [7, 11) is 1.89. The summed E-state index contributed by atoms with van der Waals surface area (Å²) < 4.78 is 1.82. The van der Waals surface area contributed by atoms with Crippen molar-refractivity contribution in [3.05, 3.63) is 23.9 Å². The van der Waals surface area contributed by atoms with E-state index in [0.717, 1.165) is 48.2 Å². The van der Waals surface area contributed by atoms with Crippen molar-refractivity contribution in [1.82, 2.24) is 20.4 Å². The summed E-state index contributed by atoms with van der Waals surface area (Å²) in [5.41, 5.74) is 2.84. The van der Waals surface area contributed by atoms with Crippen LogP contribution in [0.25, 0.3) is 10.9 Å². The van der Waals surface area contributed by atoms with Gasteiger partial charge >= 0.3 is 0 Å². The Hall–Kier alpha value is -1.83. The molecule has 7 nitrogen and oxygen atoms in total. The number of nitrogens with one attached hydrogen (secondary N) is 3. The molecular formula is C18H25Cl2N5O2. The molecule has 0 bridgehead atoms. The largest absolute Gasteiger partial charge is 0.382 e. The fraction of sp³-hybridized carbons (Fsp3) is 0.500. The van der Waals surface area contributed by atoms with E-state index in [1.807, 2.05) is 17.8 Å². The van der Waals surface area contributed by atoms with Crippen molar-refractivity contribution >= 4 is 53.2 Å². The van der Waals surface area contributed by atoms with Crippen LogP contribution in [0.2, 0.25) is 0 Å². The van der Waals surface area contributed by atoms with Crippen LogP contribution in [0.4, 0.5) is 5.69 Å². The molecule has 2 fully saturated rings. The number of hydrogen-bond acceptors (Lipinski definition) is 5. The van der Waals surface area contributed by atoms with Gasteiger partial charge in [0.15, 0.2) is 0 Å². The number of fused-ring (bicyclic) bond motifs is 1. The molecule has 3 N–H and O–H groups in total. The molecule has 9 heteroatoms. The van der Waals surface area contributed by atoms with Crippen molar-refractivity contribution in [2.75, 3.05) is 18.4 Å². The Morgan fingerprint density at radius 2 is 1.89 bits per heavy atom. The quantitative estimate of drug-likeness (QED) is 0.670. The van der Waals surface area contributed by atoms with Gasteiger partial charge < -0.3 is 10.6 Å². The molecule has 2 aliphatic rings. The van der Waals surface area contributed by atoms with Crippen LogP contribution in [-0.2, 0) is 16.6 Å². The second-order valence-corrected chi connectivity index (χ2v) is 6.91. The lowest BCUT2D eigenvalue weighted by Gasteiger charge is -2.24. The van der Waals surface area contributed by atoms with Crippen molar-refractivity contribution in [3.63, 3.8) is 0 Å². The predicted octanol–water partition coefficient (Wildman–Crippen LogP) is 2.10. The van der Waals surface area contributed by atoms with Crippen LogP contribution in [0.1, 0.15) is 37.3 Å². The number of piperidine rings is 2. The third kappa shape index (κ3) is 4.36. The molecule has 2 amide bonds. The molecule has 0 radical (unpaired) electrons. The second-order valence-electron chi connectivity index (χ2n) is 6.91. The van der Waals surface area contributed by atoms with Crippen LogP contribution in [0.5, 0.6) is 0 Å². The number of carbonyl (C=O) groups excluding carboxylic acids is 2. The summed E-state index contributed by atoms with van der Waals surface area (Å²) >= 11 is 0. The Morgan fingerprint density at radius 3 is 2.59 bits per heavy atom. The van der Waals surface area contributed by atoms with Crippen LogP contribution in [0.15, 0.2) is 18.2 Å². The molecule has 4 rings (SSSR count). The maximum Gasteiger partial charge on any atom is 0.235 e. The lowest BCUT2D eigenvalue weighted by atomic mass is 9.93. The maximum atomic E-state index is 12.2. The Kier molecular flexibility index (Phi) is 7.08. The lowest BCUT2D eigenvalue weighted by molar-refractivity contribution is -0.134. The molecule has 1 atom stereocenters. The number of aromatic nitrogens is 2. The minimum atomic E-state index is -0.357. The number of hydrogen-bond donors (Lipinski definition) is 3. The number of anilines is 1. The second kappa shape index (κ2) is 8.91. The van der Waals surface area contributed by atoms with E-state index in [0.29, 0.717) is 18.9 Å². The first-order valence-corrected chi connectivity index (χ1v) is 8.89. The summed E-state index contributed by atoms with van der Waals surface area (Å²) in [6.45, 7) is 2.09. The Morgan fingerprint density at radius 1 is 1.15 bits per heavy atom. The fourth-order valence-corrected chi connectivity index (χ4v) is 3.79. The van der Waals surface area contributed by atoms with E-state index < -0.39 is 0 Å². The van der Waals surface area contributed by atoms with Crippen LogP contribution in [-0.4, -0.2) is 40.7 Å². The van der Waals surface area contributed by atoms with Gasteiger partial charge in [-0.05, 0) is 50.6 Å². The van der Waals surface area contributed by atoms with Gasteiger partial charge in [-0.25, -0.2) is 0 Å². The van der Waals surface area contributed by atoms with Crippen molar-refractivity contribution in [3.8, 4) is 0 Å². The molecule has 0 spiro atoms. The lowest BCUT2D eigenvalue weighted by Crippen LogP contribution is -2.39. The summed E-state index contributed by atoms with van der Waals surface area (Å²) in [4.78, 5) is 23.6. The molecule has 2 aromatic rings. The van der Waals surface area contributed by atoms with Crippen molar-refractivity contribution < 1.29 is 9.59 Å². The van der Waals surface area contributed by atoms with E-state index in [1.165, 1.54) is 0 Å². The average molecular weight is 414 g/mol. The Bertz CT molecular complexity index is 833. The van der Waals surface area contributed by atoms with Gasteiger partial charge in [0.2, 0.25) is 11.8 Å². The standard InChI is InChI=1S/C18H23N5O2.2ClH/c1-23-15-10-12(20-11-6-8-19-9-7-11)2-3-13(15)17(22-23)14-4-5-16(24)21-18(14)25;;/h2-3,10-11,14,19-20H,4-9H2,1H3,(H,21,24,25);2*1H. The van der Waals surface area contributed by atoms with Crippen LogP contribution < -0.4 is 16.0 Å². The third-order valence-electron chi connectivity index (χ3n) is 5.16. The monoisotopic (exact) mass is 413 g/mol. The predicted molar refractivity (Wildman–Crippen MR) is 110 cm³/mol. The van der Waals surface area contributed by atoms with Crippen molar-refractivity contribution in [2.45, 2.75) is 37.6 Å². The van der Waals surface area contributed by atoms with Gasteiger partial charge in [0.1, 0.15) is 0 Å². The van der Waals surface area contributed by atoms with Crippen LogP contribution in [0, 0.1) is 0 Å². The zero-order valence-electron chi connectivity index (χ0n) is 15.2. The van der Waals surface area contributed by atoms with Crippen molar-refractivity contribution in [2.24, 2.45) is 7.05 Å². The van der Waals surface area contributed by atoms with Gasteiger partial charge in [0.25, 0.3) is 0 Å². The highest BCUT2D eigenvalue weighted by atomic mass is 35.5. The zero-order valence-corrected chi connectivity index (χ0v) is 16.8. The first kappa shape index (κ1) is 21.5. The zero-order chi connectivity index (χ0) is 17.4. The van der Waals surface area contributed by atoms with Crippen LogP contribution >= 0.6 is 24.8 Å². The molecule has 2 saturated heterocycles. The van der Waals surface area contributed by atoms with E-state index in [2.05, 4.69) is 33.2 Å². The summed E-state index contributed by atoms with van der Waals surface area (Å²) in [5, 5.41) is 15.0. The van der Waals surface area contributed by atoms with Crippen molar-refractivity contribution in [1.29, 1.82) is 0 Å². The molecule has 27 heavy (non-hydrogen) atoms. The van der Waals surface area contributed by atoms with Gasteiger partial charge in [0.05, 0.1) is 17.1 Å². The molecule has 148 valence electrons. The highest BCUT2D eigenvalue weighted by molar-refractivity contribution is 6.02. The van der Waals surface area contributed by atoms with E-state index in [4.69, 9.17) is 0 Å². The molecular weight excluding hydrogens is 389 g/mol. The SMILES string of the molecule is Cl.Cl.Cn1nc(C2CCC(=O)NC2=O)c2ccc(NC3CCNCC3)cc21. The van der Waals surface area contributed by atoms with Crippen LogP contribution in [0.3, 0.4) is 0 Å². The fourth-order valence-electron chi connectivity index (χ4n) is 3.79. The molecule has 0 saturated carbocycles. The topological polar surface area (TPSA) is 88.0 Å². The van der Waals surface area contributed by atoms with Gasteiger partial charge in [-0.1, -0.05) is 0 Å². The minimum Gasteiger partial charge on any atom is -0.382 e. The maximum absolute atomic E-state index is 12.2. The number of benzene rings is 1. The first-order valence-electron chi connectivity index (χ1n) is 8.89. The van der Waals surface area contributed by atoms with Gasteiger partial charge in [-0.3, -0.25) is 19.6 Å². The normalized spacial score (nSPS) is 20.6. The molecule has 3 heterocycles. The average Bonchev–Trinajstić information content (AvgIpc) is 2.92. The highest BCUT2D eigenvalue weighted by Gasteiger charge is 2.31. The Labute approximate surface area is 170 Å². The summed E-state index contributed by atoms with van der Waals surface area (Å²) in [5.74, 6) is -0.798. The number of imide groups is 1. The molecule has 1 aromatic heterocycles. The molecule has 1 aromatic carbocycles. The van der Waals surface area contributed by atoms with E-state index >= 15 is 0 Å². The number of halogens is 2. The van der Waals surface area contributed by atoms with E-state index in [1.54, 1.807) is 0 Å². The number of rotatable bonds is 3. The van der Waals surface area contributed by atoms with Gasteiger partial charge in [-0.15, -0.1) is 24.8 Å². The number of carbonyl (C=O) groups is 2. The number of amides is 2. The minimum absolute atomic E-state index is 0. The Balaban J connectivity index is 0.00000131. The smallest absolute Gasteiger partial charge is 0.235 e. The molecule has 2 aliphatic heterocycles.